The van der Waals surface area contributed by atoms with Gasteiger partial charge in [0.25, 0.3) is 0 Å². The Balaban J connectivity index is 1.13. The maximum atomic E-state index is 5.64. The number of para-hydroxylation sites is 1. The molecule has 0 aliphatic heterocycles. The first-order chi connectivity index (χ1) is 31.7. The van der Waals surface area contributed by atoms with Crippen LogP contribution in [0.3, 0.4) is 0 Å². The van der Waals surface area contributed by atoms with Crippen molar-refractivity contribution in [1.82, 2.24) is 24.9 Å². The number of nitrogens with zero attached hydrogens (tertiary/aromatic N) is 5. The fraction of sp³-hybridized carbons (Fsp3) is 0. The van der Waals surface area contributed by atoms with Gasteiger partial charge in [0.05, 0.1) is 45.0 Å². The first kappa shape index (κ1) is 37.1. The number of aromatic nitrogens is 5. The number of benzene rings is 9. The summed E-state index contributed by atoms with van der Waals surface area (Å²) in [4.78, 5) is 26.9. The summed E-state index contributed by atoms with van der Waals surface area (Å²) in [6.07, 6.45) is 0. The highest BCUT2D eigenvalue weighted by Gasteiger charge is 2.23. The standard InChI is InChI=1S/C59H37N5/c1-5-18-40(19-6-1)50-37-51(63-59(62-50)44-24-11-4-12-25-44)41-32-30-39(31-33-41)48-36-52-58(64-57(43-22-9-3-10-23-43)56(61-52)42-20-7-2-8-21-42)54-53(48)47-27-15-16-28-49(47)60-55(54)46-34-29-38-17-13-14-26-45(38)35-46/h1-37H. The molecule has 0 atom stereocenters. The molecule has 12 rings (SSSR count). The van der Waals surface area contributed by atoms with Crippen LogP contribution in [0.15, 0.2) is 224 Å². The van der Waals surface area contributed by atoms with E-state index in [1.54, 1.807) is 0 Å². The van der Waals surface area contributed by atoms with Gasteiger partial charge in [-0.2, -0.15) is 0 Å². The zero-order valence-corrected chi connectivity index (χ0v) is 34.6. The topological polar surface area (TPSA) is 64.5 Å². The van der Waals surface area contributed by atoms with Crippen LogP contribution in [0.1, 0.15) is 0 Å². The summed E-state index contributed by atoms with van der Waals surface area (Å²) < 4.78 is 0. The van der Waals surface area contributed by atoms with Gasteiger partial charge < -0.3 is 0 Å². The van der Waals surface area contributed by atoms with Crippen molar-refractivity contribution in [2.24, 2.45) is 0 Å². The van der Waals surface area contributed by atoms with E-state index in [-0.39, 0.29) is 0 Å². The summed E-state index contributed by atoms with van der Waals surface area (Å²) in [6, 6.07) is 77.8. The van der Waals surface area contributed by atoms with Gasteiger partial charge in [0.15, 0.2) is 5.82 Å². The Labute approximate surface area is 370 Å². The minimum absolute atomic E-state index is 0.685. The molecule has 9 aromatic carbocycles. The van der Waals surface area contributed by atoms with Crippen LogP contribution < -0.4 is 0 Å². The number of rotatable bonds is 7. The van der Waals surface area contributed by atoms with Crippen LogP contribution in [-0.2, 0) is 0 Å². The van der Waals surface area contributed by atoms with Crippen LogP contribution in [0.2, 0.25) is 0 Å². The summed E-state index contributed by atoms with van der Waals surface area (Å²) in [5.74, 6) is 0.685. The molecule has 298 valence electrons. The maximum absolute atomic E-state index is 5.64. The van der Waals surface area contributed by atoms with E-state index in [1.165, 1.54) is 5.39 Å². The second-order valence-electron chi connectivity index (χ2n) is 16.0. The molecule has 64 heavy (non-hydrogen) atoms. The molecule has 0 saturated heterocycles. The lowest BCUT2D eigenvalue weighted by Crippen LogP contribution is -2.00. The van der Waals surface area contributed by atoms with Crippen molar-refractivity contribution in [1.29, 1.82) is 0 Å². The van der Waals surface area contributed by atoms with E-state index >= 15 is 0 Å². The Morgan fingerprint density at radius 2 is 0.766 bits per heavy atom. The average Bonchev–Trinajstić information content (AvgIpc) is 3.38. The van der Waals surface area contributed by atoms with Crippen LogP contribution in [-0.4, -0.2) is 24.9 Å². The first-order valence-corrected chi connectivity index (χ1v) is 21.5. The van der Waals surface area contributed by atoms with Gasteiger partial charge in [-0.1, -0.05) is 200 Å². The Morgan fingerprint density at radius 3 is 1.44 bits per heavy atom. The SMILES string of the molecule is c1ccc(-c2cc(-c3ccc(-c4cc5nc(-c6ccccc6)c(-c6ccccc6)nc5c5c(-c6ccc7ccccc7c6)nc6ccccc6c45)cc3)nc(-c3ccccc3)n2)cc1. The molecule has 0 saturated carbocycles. The van der Waals surface area contributed by atoms with Crippen molar-refractivity contribution in [3.63, 3.8) is 0 Å². The third-order valence-electron chi connectivity index (χ3n) is 12.0. The molecule has 0 aliphatic carbocycles. The number of hydrogen-bond acceptors (Lipinski definition) is 5. The summed E-state index contributed by atoms with van der Waals surface area (Å²) in [5, 5.41) is 5.42. The highest BCUT2D eigenvalue weighted by molar-refractivity contribution is 6.25. The summed E-state index contributed by atoms with van der Waals surface area (Å²) in [6.45, 7) is 0. The molecule has 12 aromatic rings. The van der Waals surface area contributed by atoms with Crippen molar-refractivity contribution < 1.29 is 0 Å². The fourth-order valence-electron chi connectivity index (χ4n) is 8.92. The minimum atomic E-state index is 0.685. The molecule has 3 heterocycles. The predicted molar refractivity (Wildman–Crippen MR) is 263 cm³/mol. The summed E-state index contributed by atoms with van der Waals surface area (Å²) in [7, 11) is 0. The highest BCUT2D eigenvalue weighted by Crippen LogP contribution is 2.44. The minimum Gasteiger partial charge on any atom is -0.247 e. The number of hydrogen-bond donors (Lipinski definition) is 0. The van der Waals surface area contributed by atoms with Crippen molar-refractivity contribution >= 4 is 43.5 Å². The Hall–Kier alpha value is -8.67. The molecular weight excluding hydrogens is 779 g/mol. The molecule has 5 nitrogen and oxygen atoms in total. The molecular formula is C59H37N5. The molecule has 3 aromatic heterocycles. The van der Waals surface area contributed by atoms with E-state index in [2.05, 4.69) is 176 Å². The van der Waals surface area contributed by atoms with Gasteiger partial charge >= 0.3 is 0 Å². The van der Waals surface area contributed by atoms with E-state index in [0.717, 1.165) is 111 Å². The molecule has 0 bridgehead atoms. The van der Waals surface area contributed by atoms with Crippen LogP contribution in [0.4, 0.5) is 0 Å². The van der Waals surface area contributed by atoms with E-state index in [0.29, 0.717) is 5.82 Å². The lowest BCUT2D eigenvalue weighted by molar-refractivity contribution is 1.18. The second-order valence-corrected chi connectivity index (χ2v) is 16.0. The first-order valence-electron chi connectivity index (χ1n) is 21.5. The van der Waals surface area contributed by atoms with Gasteiger partial charge in [-0.25, -0.2) is 24.9 Å². The Morgan fingerprint density at radius 1 is 0.266 bits per heavy atom. The van der Waals surface area contributed by atoms with Crippen LogP contribution in [0, 0.1) is 0 Å². The molecule has 0 N–H and O–H groups in total. The number of fused-ring (bicyclic) bond motifs is 6. The van der Waals surface area contributed by atoms with Crippen molar-refractivity contribution in [3.05, 3.63) is 224 Å². The van der Waals surface area contributed by atoms with Gasteiger partial charge in [-0.3, -0.25) is 0 Å². The smallest absolute Gasteiger partial charge is 0.160 e. The third kappa shape index (κ3) is 6.64. The van der Waals surface area contributed by atoms with E-state index in [1.807, 2.05) is 48.5 Å². The predicted octanol–water partition coefficient (Wildman–Crippen LogP) is 14.9. The normalized spacial score (nSPS) is 11.4. The van der Waals surface area contributed by atoms with Gasteiger partial charge in [-0.15, -0.1) is 0 Å². The third-order valence-corrected chi connectivity index (χ3v) is 12.0. The molecule has 0 unspecified atom stereocenters. The van der Waals surface area contributed by atoms with Gasteiger partial charge in [0.2, 0.25) is 0 Å². The summed E-state index contributed by atoms with van der Waals surface area (Å²) >= 11 is 0. The summed E-state index contributed by atoms with van der Waals surface area (Å²) in [5.41, 5.74) is 14.9. The molecule has 0 fully saturated rings. The Kier molecular flexibility index (Phi) is 9.08. The van der Waals surface area contributed by atoms with Crippen molar-refractivity contribution in [2.75, 3.05) is 0 Å². The molecule has 0 spiro atoms. The van der Waals surface area contributed by atoms with Crippen molar-refractivity contribution in [2.45, 2.75) is 0 Å². The largest absolute Gasteiger partial charge is 0.247 e. The second kappa shape index (κ2) is 15.7. The van der Waals surface area contributed by atoms with E-state index in [4.69, 9.17) is 24.9 Å². The van der Waals surface area contributed by atoms with Gasteiger partial charge in [0, 0.05) is 49.5 Å². The average molecular weight is 816 g/mol. The zero-order valence-electron chi connectivity index (χ0n) is 34.6. The maximum Gasteiger partial charge on any atom is 0.160 e. The van der Waals surface area contributed by atoms with Crippen molar-refractivity contribution in [3.8, 4) is 78.8 Å². The van der Waals surface area contributed by atoms with Gasteiger partial charge in [0.1, 0.15) is 0 Å². The molecule has 0 aliphatic rings. The van der Waals surface area contributed by atoms with Crippen LogP contribution in [0.5, 0.6) is 0 Å². The zero-order chi connectivity index (χ0) is 42.4. The Bertz CT molecular complexity index is 3630. The molecule has 5 heteroatoms. The monoisotopic (exact) mass is 815 g/mol. The number of pyridine rings is 1. The lowest BCUT2D eigenvalue weighted by atomic mass is 9.90. The molecule has 0 radical (unpaired) electrons. The van der Waals surface area contributed by atoms with Crippen LogP contribution >= 0.6 is 0 Å². The molecule has 0 amide bonds. The quantitative estimate of drug-likeness (QED) is 0.150. The lowest BCUT2D eigenvalue weighted by Gasteiger charge is -2.18. The highest BCUT2D eigenvalue weighted by atomic mass is 14.9. The fourth-order valence-corrected chi connectivity index (χ4v) is 8.92. The van der Waals surface area contributed by atoms with Gasteiger partial charge in [-0.05, 0) is 46.2 Å². The van der Waals surface area contributed by atoms with E-state index in [9.17, 15) is 0 Å². The van der Waals surface area contributed by atoms with E-state index < -0.39 is 0 Å². The van der Waals surface area contributed by atoms with Crippen LogP contribution in [0.25, 0.3) is 122 Å².